The number of thiazole rings is 1. The predicted octanol–water partition coefficient (Wildman–Crippen LogP) is 4.16. The molecular formula is C14H17FN2S2. The summed E-state index contributed by atoms with van der Waals surface area (Å²) in [6.07, 6.45) is 0. The molecule has 1 N–H and O–H groups in total. The molecule has 2 rings (SSSR count). The van der Waals surface area contributed by atoms with Gasteiger partial charge in [-0.05, 0) is 33.0 Å². The fraction of sp³-hybridized carbons (Fsp3) is 0.357. The smallest absolute Gasteiger partial charge is 0.136 e. The molecule has 0 amide bonds. The number of hydrogen-bond donors (Lipinski definition) is 1. The van der Waals surface area contributed by atoms with Gasteiger partial charge in [0.05, 0.1) is 11.4 Å². The Hall–Kier alpha value is -0.910. The predicted molar refractivity (Wildman–Crippen MR) is 80.3 cm³/mol. The highest BCUT2D eigenvalue weighted by Crippen LogP contribution is 2.30. The number of rotatable bonds is 5. The van der Waals surface area contributed by atoms with Gasteiger partial charge in [0.2, 0.25) is 0 Å². The van der Waals surface area contributed by atoms with Crippen LogP contribution in [0.3, 0.4) is 0 Å². The van der Waals surface area contributed by atoms with Gasteiger partial charge in [-0.2, -0.15) is 0 Å². The maximum absolute atomic E-state index is 13.5. The maximum atomic E-state index is 13.5. The molecule has 102 valence electrons. The zero-order valence-electron chi connectivity index (χ0n) is 11.2. The maximum Gasteiger partial charge on any atom is 0.136 e. The highest BCUT2D eigenvalue weighted by Gasteiger charge is 2.13. The summed E-state index contributed by atoms with van der Waals surface area (Å²) in [6, 6.07) is 7.17. The highest BCUT2D eigenvalue weighted by molar-refractivity contribution is 7.98. The lowest BCUT2D eigenvalue weighted by atomic mass is 10.2. The summed E-state index contributed by atoms with van der Waals surface area (Å²) in [5, 5.41) is 4.27. The van der Waals surface area contributed by atoms with Crippen LogP contribution in [0.15, 0.2) is 29.2 Å². The van der Waals surface area contributed by atoms with Gasteiger partial charge in [0.1, 0.15) is 10.8 Å². The van der Waals surface area contributed by atoms with Crippen LogP contribution in [-0.4, -0.2) is 12.0 Å². The molecule has 0 spiro atoms. The quantitative estimate of drug-likeness (QED) is 0.839. The van der Waals surface area contributed by atoms with E-state index in [9.17, 15) is 4.39 Å². The van der Waals surface area contributed by atoms with Crippen LogP contribution in [0, 0.1) is 12.7 Å². The molecule has 0 aliphatic carbocycles. The summed E-state index contributed by atoms with van der Waals surface area (Å²) in [6.45, 7) is 4.14. The topological polar surface area (TPSA) is 24.9 Å². The summed E-state index contributed by atoms with van der Waals surface area (Å²) in [5.41, 5.74) is 1.07. The third-order valence-corrected chi connectivity index (χ3v) is 5.47. The molecule has 1 aromatic heterocycles. The van der Waals surface area contributed by atoms with Crippen molar-refractivity contribution in [3.63, 3.8) is 0 Å². The minimum Gasteiger partial charge on any atom is -0.312 e. The van der Waals surface area contributed by atoms with Crippen LogP contribution in [0.25, 0.3) is 0 Å². The highest BCUT2D eigenvalue weighted by atomic mass is 32.2. The molecule has 0 bridgehead atoms. The van der Waals surface area contributed by atoms with E-state index in [0.717, 1.165) is 10.7 Å². The molecule has 0 saturated carbocycles. The molecule has 0 aliphatic rings. The van der Waals surface area contributed by atoms with Gasteiger partial charge in [0.15, 0.2) is 0 Å². The average molecular weight is 296 g/mol. The minimum absolute atomic E-state index is 0.162. The zero-order valence-corrected chi connectivity index (χ0v) is 12.9. The standard InChI is InChI=1S/C14H17FN2S2/c1-9(16-3)14-10(2)17-13(19-14)8-18-12-7-5-4-6-11(12)15/h4-7,9,16H,8H2,1-3H3. The van der Waals surface area contributed by atoms with Gasteiger partial charge >= 0.3 is 0 Å². The van der Waals surface area contributed by atoms with Crippen molar-refractivity contribution < 1.29 is 4.39 Å². The molecule has 1 aromatic carbocycles. The van der Waals surface area contributed by atoms with E-state index in [-0.39, 0.29) is 5.82 Å². The number of hydrogen-bond acceptors (Lipinski definition) is 4. The third kappa shape index (κ3) is 3.55. The van der Waals surface area contributed by atoms with Crippen LogP contribution in [0.1, 0.15) is 28.5 Å². The summed E-state index contributed by atoms with van der Waals surface area (Å²) in [7, 11) is 1.94. The minimum atomic E-state index is -0.162. The molecule has 19 heavy (non-hydrogen) atoms. The summed E-state index contributed by atoms with van der Waals surface area (Å²) >= 11 is 3.19. The number of thioether (sulfide) groups is 1. The second kappa shape index (κ2) is 6.50. The van der Waals surface area contributed by atoms with E-state index in [1.807, 2.05) is 20.0 Å². The number of benzene rings is 1. The number of halogens is 1. The number of nitrogens with zero attached hydrogens (tertiary/aromatic N) is 1. The summed E-state index contributed by atoms with van der Waals surface area (Å²) in [5.74, 6) is 0.549. The first-order chi connectivity index (χ1) is 9.11. The summed E-state index contributed by atoms with van der Waals surface area (Å²) < 4.78 is 13.5. The van der Waals surface area contributed by atoms with Crippen LogP contribution >= 0.6 is 23.1 Å². The fourth-order valence-electron chi connectivity index (χ4n) is 1.76. The van der Waals surface area contributed by atoms with E-state index in [0.29, 0.717) is 16.7 Å². The third-order valence-electron chi connectivity index (χ3n) is 2.89. The molecular weight excluding hydrogens is 279 g/mol. The Morgan fingerprint density at radius 1 is 1.42 bits per heavy atom. The molecule has 2 aromatic rings. The Labute approximate surface area is 121 Å². The number of aryl methyl sites for hydroxylation is 1. The first kappa shape index (κ1) is 14.5. The molecule has 0 aliphatic heterocycles. The van der Waals surface area contributed by atoms with Crippen molar-refractivity contribution in [3.8, 4) is 0 Å². The van der Waals surface area contributed by atoms with Gasteiger partial charge < -0.3 is 5.32 Å². The van der Waals surface area contributed by atoms with Gasteiger partial charge in [0, 0.05) is 15.8 Å². The molecule has 0 fully saturated rings. The van der Waals surface area contributed by atoms with Gasteiger partial charge in [0.25, 0.3) is 0 Å². The molecule has 5 heteroatoms. The van der Waals surface area contributed by atoms with E-state index in [4.69, 9.17) is 0 Å². The Morgan fingerprint density at radius 2 is 2.16 bits per heavy atom. The van der Waals surface area contributed by atoms with E-state index in [2.05, 4.69) is 17.2 Å². The van der Waals surface area contributed by atoms with Gasteiger partial charge in [-0.25, -0.2) is 9.37 Å². The Morgan fingerprint density at radius 3 is 2.84 bits per heavy atom. The fourth-order valence-corrected chi connectivity index (χ4v) is 3.82. The van der Waals surface area contributed by atoms with Crippen molar-refractivity contribution in [1.29, 1.82) is 0 Å². The lowest BCUT2D eigenvalue weighted by Gasteiger charge is -2.06. The second-order valence-electron chi connectivity index (χ2n) is 4.29. The van der Waals surface area contributed by atoms with Crippen LogP contribution in [0.2, 0.25) is 0 Å². The zero-order chi connectivity index (χ0) is 13.8. The van der Waals surface area contributed by atoms with E-state index < -0.39 is 0 Å². The molecule has 0 radical (unpaired) electrons. The van der Waals surface area contributed by atoms with Crippen LogP contribution in [-0.2, 0) is 5.75 Å². The molecule has 1 atom stereocenters. The Kier molecular flexibility index (Phi) is 4.96. The van der Waals surface area contributed by atoms with Gasteiger partial charge in [-0.3, -0.25) is 0 Å². The Balaban J connectivity index is 2.06. The van der Waals surface area contributed by atoms with Gasteiger partial charge in [-0.15, -0.1) is 23.1 Å². The van der Waals surface area contributed by atoms with Crippen molar-refractivity contribution in [1.82, 2.24) is 10.3 Å². The lowest BCUT2D eigenvalue weighted by Crippen LogP contribution is -2.11. The van der Waals surface area contributed by atoms with Crippen molar-refractivity contribution in [3.05, 3.63) is 45.7 Å². The second-order valence-corrected chi connectivity index (χ2v) is 6.42. The van der Waals surface area contributed by atoms with Crippen molar-refractivity contribution in [2.24, 2.45) is 0 Å². The number of nitrogens with one attached hydrogen (secondary N) is 1. The first-order valence-electron chi connectivity index (χ1n) is 6.12. The van der Waals surface area contributed by atoms with E-state index in [1.165, 1.54) is 22.7 Å². The SMILES string of the molecule is CNC(C)c1sc(CSc2ccccc2F)nc1C. The lowest BCUT2D eigenvalue weighted by molar-refractivity contribution is 0.602. The molecule has 0 saturated heterocycles. The van der Waals surface area contributed by atoms with E-state index >= 15 is 0 Å². The van der Waals surface area contributed by atoms with Crippen LogP contribution in [0.4, 0.5) is 4.39 Å². The van der Waals surface area contributed by atoms with Crippen molar-refractivity contribution >= 4 is 23.1 Å². The molecule has 1 heterocycles. The molecule has 1 unspecified atom stereocenters. The van der Waals surface area contributed by atoms with Gasteiger partial charge in [-0.1, -0.05) is 12.1 Å². The monoisotopic (exact) mass is 296 g/mol. The molecule has 2 nitrogen and oxygen atoms in total. The van der Waals surface area contributed by atoms with Crippen molar-refractivity contribution in [2.45, 2.75) is 30.5 Å². The van der Waals surface area contributed by atoms with E-state index in [1.54, 1.807) is 23.5 Å². The number of aromatic nitrogens is 1. The summed E-state index contributed by atoms with van der Waals surface area (Å²) in [4.78, 5) is 6.50. The Bertz CT molecular complexity index is 554. The normalized spacial score (nSPS) is 12.6. The average Bonchev–Trinajstić information content (AvgIpc) is 2.78. The van der Waals surface area contributed by atoms with Crippen molar-refractivity contribution in [2.75, 3.05) is 7.05 Å². The van der Waals surface area contributed by atoms with Crippen LogP contribution < -0.4 is 5.32 Å². The first-order valence-corrected chi connectivity index (χ1v) is 7.92. The largest absolute Gasteiger partial charge is 0.312 e. The van der Waals surface area contributed by atoms with Crippen LogP contribution in [0.5, 0.6) is 0 Å².